The molecule has 2 amide bonds. The zero-order chi connectivity index (χ0) is 19.1. The summed E-state index contributed by atoms with van der Waals surface area (Å²) >= 11 is 6.11. The van der Waals surface area contributed by atoms with Crippen LogP contribution in [-0.2, 0) is 9.59 Å². The van der Waals surface area contributed by atoms with Crippen molar-refractivity contribution in [1.29, 1.82) is 0 Å². The molecule has 1 aromatic carbocycles. The molecule has 1 fully saturated rings. The summed E-state index contributed by atoms with van der Waals surface area (Å²) in [4.78, 5) is 27.0. The molecule has 3 atom stereocenters. The van der Waals surface area contributed by atoms with E-state index >= 15 is 0 Å². The zero-order valence-corrected chi connectivity index (χ0v) is 16.6. The second-order valence-corrected chi connectivity index (χ2v) is 7.36. The highest BCUT2D eigenvalue weighted by Gasteiger charge is 2.35. The molecule has 0 spiro atoms. The number of para-hydroxylation sites is 1. The molecule has 6 heteroatoms. The Bertz CT molecular complexity index is 623. The first kappa shape index (κ1) is 20.6. The molecular formula is C20H29ClN2O3. The van der Waals surface area contributed by atoms with E-state index in [2.05, 4.69) is 12.2 Å². The lowest BCUT2D eigenvalue weighted by Crippen LogP contribution is -2.52. The number of piperidine rings is 1. The molecule has 5 nitrogen and oxygen atoms in total. The van der Waals surface area contributed by atoms with Crippen LogP contribution in [0.5, 0.6) is 5.75 Å². The maximum atomic E-state index is 12.9. The first-order valence-electron chi connectivity index (χ1n) is 9.43. The summed E-state index contributed by atoms with van der Waals surface area (Å²) in [5, 5.41) is 3.46. The van der Waals surface area contributed by atoms with E-state index in [1.807, 2.05) is 19.1 Å². The third-order valence-corrected chi connectivity index (χ3v) is 5.17. The number of nitrogens with one attached hydrogen (secondary N) is 1. The SMILES string of the molecule is CCCCNC(=O)C1CCC(C)N(C(=O)C(C)Oc2ccccc2Cl)C1. The van der Waals surface area contributed by atoms with Crippen LogP contribution in [-0.4, -0.2) is 41.9 Å². The fraction of sp³-hybridized carbons (Fsp3) is 0.600. The van der Waals surface area contributed by atoms with E-state index in [1.165, 1.54) is 0 Å². The van der Waals surface area contributed by atoms with Gasteiger partial charge in [0.2, 0.25) is 5.91 Å². The number of hydrogen-bond acceptors (Lipinski definition) is 3. The number of benzene rings is 1. The molecular weight excluding hydrogens is 352 g/mol. The molecule has 1 heterocycles. The maximum Gasteiger partial charge on any atom is 0.263 e. The largest absolute Gasteiger partial charge is 0.479 e. The van der Waals surface area contributed by atoms with E-state index in [1.54, 1.807) is 24.0 Å². The van der Waals surface area contributed by atoms with Gasteiger partial charge in [0.05, 0.1) is 10.9 Å². The molecule has 0 aromatic heterocycles. The van der Waals surface area contributed by atoms with Gasteiger partial charge in [-0.1, -0.05) is 37.1 Å². The van der Waals surface area contributed by atoms with E-state index < -0.39 is 6.10 Å². The van der Waals surface area contributed by atoms with Crippen molar-refractivity contribution < 1.29 is 14.3 Å². The third kappa shape index (κ3) is 5.37. The lowest BCUT2D eigenvalue weighted by Gasteiger charge is -2.38. The number of carbonyl (C=O) groups excluding carboxylic acids is 2. The van der Waals surface area contributed by atoms with Crippen molar-refractivity contribution in [3.8, 4) is 5.75 Å². The Balaban J connectivity index is 1.97. The number of rotatable bonds is 7. The number of hydrogen-bond donors (Lipinski definition) is 1. The van der Waals surface area contributed by atoms with Gasteiger partial charge < -0.3 is 15.0 Å². The summed E-state index contributed by atoms with van der Waals surface area (Å²) in [7, 11) is 0. The average Bonchev–Trinajstić information content (AvgIpc) is 2.63. The molecule has 26 heavy (non-hydrogen) atoms. The number of carbonyl (C=O) groups is 2. The van der Waals surface area contributed by atoms with Crippen LogP contribution in [0.4, 0.5) is 0 Å². The highest BCUT2D eigenvalue weighted by Crippen LogP contribution is 2.27. The molecule has 0 radical (unpaired) electrons. The quantitative estimate of drug-likeness (QED) is 0.734. The fourth-order valence-corrected chi connectivity index (χ4v) is 3.36. The van der Waals surface area contributed by atoms with Crippen molar-refractivity contribution in [2.24, 2.45) is 5.92 Å². The van der Waals surface area contributed by atoms with E-state index in [-0.39, 0.29) is 23.8 Å². The predicted octanol–water partition coefficient (Wildman–Crippen LogP) is 3.65. The van der Waals surface area contributed by atoms with E-state index in [0.29, 0.717) is 23.9 Å². The minimum absolute atomic E-state index is 0.0443. The predicted molar refractivity (Wildman–Crippen MR) is 103 cm³/mol. The van der Waals surface area contributed by atoms with Crippen LogP contribution in [0.1, 0.15) is 46.5 Å². The Kier molecular flexibility index (Phi) is 7.76. The van der Waals surface area contributed by atoms with Crippen LogP contribution in [0, 0.1) is 5.92 Å². The molecule has 1 aliphatic rings. The van der Waals surface area contributed by atoms with Gasteiger partial charge in [-0.15, -0.1) is 0 Å². The van der Waals surface area contributed by atoms with Crippen LogP contribution >= 0.6 is 11.6 Å². The van der Waals surface area contributed by atoms with Gasteiger partial charge in [0, 0.05) is 19.1 Å². The first-order chi connectivity index (χ1) is 12.4. The Labute approximate surface area is 161 Å². The molecule has 0 saturated carbocycles. The summed E-state index contributed by atoms with van der Waals surface area (Å²) < 4.78 is 5.76. The van der Waals surface area contributed by atoms with Crippen molar-refractivity contribution in [1.82, 2.24) is 10.2 Å². The van der Waals surface area contributed by atoms with Crippen molar-refractivity contribution >= 4 is 23.4 Å². The molecule has 0 aliphatic carbocycles. The Morgan fingerprint density at radius 1 is 1.35 bits per heavy atom. The number of likely N-dealkylation sites (tertiary alicyclic amines) is 1. The smallest absolute Gasteiger partial charge is 0.263 e. The van der Waals surface area contributed by atoms with Crippen LogP contribution < -0.4 is 10.1 Å². The van der Waals surface area contributed by atoms with Crippen LogP contribution in [0.2, 0.25) is 5.02 Å². The van der Waals surface area contributed by atoms with E-state index in [0.717, 1.165) is 25.7 Å². The average molecular weight is 381 g/mol. The molecule has 2 rings (SSSR count). The molecule has 1 aromatic rings. The minimum Gasteiger partial charge on any atom is -0.479 e. The number of unbranched alkanes of at least 4 members (excludes halogenated alkanes) is 1. The molecule has 1 N–H and O–H groups in total. The minimum atomic E-state index is -0.653. The van der Waals surface area contributed by atoms with Gasteiger partial charge in [-0.05, 0) is 45.2 Å². The second-order valence-electron chi connectivity index (χ2n) is 6.95. The van der Waals surface area contributed by atoms with Gasteiger partial charge in [0.15, 0.2) is 6.10 Å². The van der Waals surface area contributed by atoms with Gasteiger partial charge in [-0.2, -0.15) is 0 Å². The van der Waals surface area contributed by atoms with Crippen molar-refractivity contribution in [2.75, 3.05) is 13.1 Å². The van der Waals surface area contributed by atoms with Gasteiger partial charge in [0.1, 0.15) is 5.75 Å². The zero-order valence-electron chi connectivity index (χ0n) is 15.8. The Hall–Kier alpha value is -1.75. The van der Waals surface area contributed by atoms with E-state index in [4.69, 9.17) is 16.3 Å². The summed E-state index contributed by atoms with van der Waals surface area (Å²) in [6.45, 7) is 6.97. The summed E-state index contributed by atoms with van der Waals surface area (Å²) in [5.74, 6) is 0.277. The van der Waals surface area contributed by atoms with E-state index in [9.17, 15) is 9.59 Å². The Morgan fingerprint density at radius 3 is 2.77 bits per heavy atom. The number of ether oxygens (including phenoxy) is 1. The summed E-state index contributed by atoms with van der Waals surface area (Å²) in [6.07, 6.45) is 2.99. The van der Waals surface area contributed by atoms with Crippen LogP contribution in [0.25, 0.3) is 0 Å². The number of halogens is 1. The van der Waals surface area contributed by atoms with Crippen LogP contribution in [0.3, 0.4) is 0 Å². The molecule has 144 valence electrons. The van der Waals surface area contributed by atoms with Gasteiger partial charge in [-0.25, -0.2) is 0 Å². The Morgan fingerprint density at radius 2 is 2.08 bits per heavy atom. The molecule has 1 saturated heterocycles. The van der Waals surface area contributed by atoms with Gasteiger partial charge in [0.25, 0.3) is 5.91 Å². The summed E-state index contributed by atoms with van der Waals surface area (Å²) in [6, 6.07) is 7.21. The van der Waals surface area contributed by atoms with Crippen LogP contribution in [0.15, 0.2) is 24.3 Å². The van der Waals surface area contributed by atoms with Crippen molar-refractivity contribution in [3.05, 3.63) is 29.3 Å². The monoisotopic (exact) mass is 380 g/mol. The van der Waals surface area contributed by atoms with Crippen molar-refractivity contribution in [3.63, 3.8) is 0 Å². The summed E-state index contributed by atoms with van der Waals surface area (Å²) in [5.41, 5.74) is 0. The molecule has 0 bridgehead atoms. The molecule has 1 aliphatic heterocycles. The standard InChI is InChI=1S/C20H29ClN2O3/c1-4-5-12-22-19(24)16-11-10-14(2)23(13-16)20(25)15(3)26-18-9-7-6-8-17(18)21/h6-9,14-16H,4-5,10-13H2,1-3H3,(H,22,24). The van der Waals surface area contributed by atoms with Gasteiger partial charge in [-0.3, -0.25) is 9.59 Å². The topological polar surface area (TPSA) is 58.6 Å². The normalized spacial score (nSPS) is 21.2. The second kappa shape index (κ2) is 9.81. The first-order valence-corrected chi connectivity index (χ1v) is 9.81. The maximum absolute atomic E-state index is 12.9. The van der Waals surface area contributed by atoms with Gasteiger partial charge >= 0.3 is 0 Å². The number of amides is 2. The highest BCUT2D eigenvalue weighted by molar-refractivity contribution is 6.32. The lowest BCUT2D eigenvalue weighted by atomic mass is 9.92. The highest BCUT2D eigenvalue weighted by atomic mass is 35.5. The van der Waals surface area contributed by atoms with Crippen molar-refractivity contribution in [2.45, 2.75) is 58.6 Å². The third-order valence-electron chi connectivity index (χ3n) is 4.85. The number of nitrogens with zero attached hydrogens (tertiary/aromatic N) is 1. The molecule has 3 unspecified atom stereocenters. The fourth-order valence-electron chi connectivity index (χ4n) is 3.18. The lowest BCUT2D eigenvalue weighted by molar-refractivity contribution is -0.144.